The van der Waals surface area contributed by atoms with E-state index < -0.39 is 4.92 Å². The molecule has 1 N–H and O–H groups in total. The van der Waals surface area contributed by atoms with Crippen LogP contribution in [0.4, 0.5) is 5.69 Å². The molecule has 0 unspecified atom stereocenters. The van der Waals surface area contributed by atoms with Crippen molar-refractivity contribution in [1.29, 1.82) is 0 Å². The van der Waals surface area contributed by atoms with E-state index in [1.807, 2.05) is 33.9 Å². The third-order valence-corrected chi connectivity index (χ3v) is 6.48. The SMILES string of the molecule is COc1ccc2[nH]cc(C3CCN(C(=O)Cn4ccc5cc([N+](=O)[O-])ccc54)CC3)c2c1. The lowest BCUT2D eigenvalue weighted by atomic mass is 9.89. The number of nitrogens with zero attached hydrogens (tertiary/aromatic N) is 3. The predicted octanol–water partition coefficient (Wildman–Crippen LogP) is 4.45. The van der Waals surface area contributed by atoms with Gasteiger partial charge in [0, 0.05) is 59.4 Å². The number of nitro benzene ring substituents is 1. The Balaban J connectivity index is 1.26. The van der Waals surface area contributed by atoms with Crippen LogP contribution in [0.1, 0.15) is 24.3 Å². The lowest BCUT2D eigenvalue weighted by Gasteiger charge is -2.32. The average molecular weight is 432 g/mol. The number of aromatic amines is 1. The molecule has 1 amide bonds. The zero-order chi connectivity index (χ0) is 22.2. The van der Waals surface area contributed by atoms with Crippen molar-refractivity contribution in [3.63, 3.8) is 0 Å². The topological polar surface area (TPSA) is 93.4 Å². The van der Waals surface area contributed by atoms with Crippen molar-refractivity contribution in [1.82, 2.24) is 14.5 Å². The number of non-ortho nitro benzene ring substituents is 1. The molecule has 2 aromatic carbocycles. The van der Waals surface area contributed by atoms with E-state index >= 15 is 0 Å². The molecule has 1 aliphatic rings. The number of aromatic nitrogens is 2. The Kier molecular flexibility index (Phi) is 5.05. The van der Waals surface area contributed by atoms with Gasteiger partial charge in [-0.15, -0.1) is 0 Å². The molecule has 1 aliphatic heterocycles. The van der Waals surface area contributed by atoms with Crippen molar-refractivity contribution in [3.8, 4) is 5.75 Å². The van der Waals surface area contributed by atoms with E-state index in [2.05, 4.69) is 17.2 Å². The Labute approximate surface area is 184 Å². The Morgan fingerprint density at radius 2 is 2.00 bits per heavy atom. The highest BCUT2D eigenvalue weighted by Crippen LogP contribution is 2.35. The molecule has 8 heteroatoms. The highest BCUT2D eigenvalue weighted by atomic mass is 16.6. The van der Waals surface area contributed by atoms with Crippen molar-refractivity contribution in [2.24, 2.45) is 0 Å². The molecule has 0 radical (unpaired) electrons. The largest absolute Gasteiger partial charge is 0.497 e. The molecule has 8 nitrogen and oxygen atoms in total. The van der Waals surface area contributed by atoms with Gasteiger partial charge < -0.3 is 19.2 Å². The molecule has 3 heterocycles. The quantitative estimate of drug-likeness (QED) is 0.373. The maximum Gasteiger partial charge on any atom is 0.270 e. The van der Waals surface area contributed by atoms with Crippen LogP contribution in [-0.4, -0.2) is 45.5 Å². The van der Waals surface area contributed by atoms with E-state index in [0.717, 1.165) is 35.0 Å². The minimum absolute atomic E-state index is 0.0542. The van der Waals surface area contributed by atoms with E-state index in [1.54, 1.807) is 13.2 Å². The van der Waals surface area contributed by atoms with Gasteiger partial charge in [0.05, 0.1) is 12.0 Å². The second-order valence-electron chi connectivity index (χ2n) is 8.25. The van der Waals surface area contributed by atoms with Crippen LogP contribution in [0.5, 0.6) is 5.75 Å². The number of methoxy groups -OCH3 is 1. The molecule has 32 heavy (non-hydrogen) atoms. The zero-order valence-electron chi connectivity index (χ0n) is 17.8. The minimum Gasteiger partial charge on any atom is -0.497 e. The predicted molar refractivity (Wildman–Crippen MR) is 122 cm³/mol. The molecule has 1 fully saturated rings. The maximum atomic E-state index is 12.9. The highest BCUT2D eigenvalue weighted by molar-refractivity contribution is 5.86. The third-order valence-electron chi connectivity index (χ3n) is 6.48. The summed E-state index contributed by atoms with van der Waals surface area (Å²) in [5, 5.41) is 12.9. The van der Waals surface area contributed by atoms with Crippen molar-refractivity contribution in [2.75, 3.05) is 20.2 Å². The highest BCUT2D eigenvalue weighted by Gasteiger charge is 2.26. The molecule has 0 spiro atoms. The molecule has 164 valence electrons. The number of nitro groups is 1. The number of likely N-dealkylation sites (tertiary alicyclic amines) is 1. The summed E-state index contributed by atoms with van der Waals surface area (Å²) in [6.45, 7) is 1.66. The van der Waals surface area contributed by atoms with Gasteiger partial charge in [-0.05, 0) is 54.7 Å². The van der Waals surface area contributed by atoms with Crippen molar-refractivity contribution in [2.45, 2.75) is 25.3 Å². The number of piperidine rings is 1. The van der Waals surface area contributed by atoms with Crippen LogP contribution in [0.2, 0.25) is 0 Å². The summed E-state index contributed by atoms with van der Waals surface area (Å²) in [4.78, 5) is 28.8. The molecule has 0 atom stereocenters. The van der Waals surface area contributed by atoms with Crippen LogP contribution in [0, 0.1) is 10.1 Å². The number of carbonyl (C=O) groups excluding carboxylic acids is 1. The number of rotatable bonds is 5. The van der Waals surface area contributed by atoms with E-state index in [4.69, 9.17) is 4.74 Å². The normalized spacial score (nSPS) is 14.8. The van der Waals surface area contributed by atoms with Crippen molar-refractivity contribution < 1.29 is 14.5 Å². The van der Waals surface area contributed by atoms with Gasteiger partial charge in [0.25, 0.3) is 5.69 Å². The first kappa shape index (κ1) is 20.1. The number of H-pyrrole nitrogens is 1. The lowest BCUT2D eigenvalue weighted by molar-refractivity contribution is -0.384. The van der Waals surface area contributed by atoms with E-state index in [9.17, 15) is 14.9 Å². The van der Waals surface area contributed by atoms with Crippen LogP contribution in [-0.2, 0) is 11.3 Å². The minimum atomic E-state index is -0.407. The number of carbonyl (C=O) groups is 1. The first-order chi connectivity index (χ1) is 15.5. The Morgan fingerprint density at radius 1 is 1.19 bits per heavy atom. The molecule has 2 aromatic heterocycles. The smallest absolute Gasteiger partial charge is 0.270 e. The standard InChI is InChI=1S/C24H24N4O4/c1-32-19-3-4-22-20(13-19)21(14-25-22)16-6-9-26(10-7-16)24(29)15-27-11-8-17-12-18(28(30)31)2-5-23(17)27/h2-5,8,11-14,16,25H,6-7,9-10,15H2,1H3. The fourth-order valence-electron chi connectivity index (χ4n) is 4.71. The summed E-state index contributed by atoms with van der Waals surface area (Å²) < 4.78 is 7.24. The molecule has 0 bridgehead atoms. The van der Waals surface area contributed by atoms with Gasteiger partial charge in [0.1, 0.15) is 12.3 Å². The van der Waals surface area contributed by atoms with Crippen LogP contribution in [0.25, 0.3) is 21.8 Å². The third kappa shape index (κ3) is 3.57. The average Bonchev–Trinajstić information content (AvgIpc) is 3.42. The molecular weight excluding hydrogens is 408 g/mol. The van der Waals surface area contributed by atoms with Crippen LogP contribution in [0.3, 0.4) is 0 Å². The second-order valence-corrected chi connectivity index (χ2v) is 8.25. The number of hydrogen-bond acceptors (Lipinski definition) is 4. The fraction of sp³-hybridized carbons (Fsp3) is 0.292. The molecule has 0 aliphatic carbocycles. The van der Waals surface area contributed by atoms with Gasteiger partial charge in [-0.1, -0.05) is 0 Å². The second kappa shape index (κ2) is 8.03. The fourth-order valence-corrected chi connectivity index (χ4v) is 4.71. The van der Waals surface area contributed by atoms with Gasteiger partial charge in [0.2, 0.25) is 5.91 Å². The first-order valence-corrected chi connectivity index (χ1v) is 10.7. The summed E-state index contributed by atoms with van der Waals surface area (Å²) in [7, 11) is 1.67. The van der Waals surface area contributed by atoms with E-state index in [1.165, 1.54) is 23.1 Å². The number of benzene rings is 2. The number of ether oxygens (including phenoxy) is 1. The van der Waals surface area contributed by atoms with Crippen molar-refractivity contribution >= 4 is 33.4 Å². The zero-order valence-corrected chi connectivity index (χ0v) is 17.8. The number of fused-ring (bicyclic) bond motifs is 2. The summed E-state index contributed by atoms with van der Waals surface area (Å²) in [6, 6.07) is 12.6. The van der Waals surface area contributed by atoms with Crippen LogP contribution in [0.15, 0.2) is 54.9 Å². The molecule has 1 saturated heterocycles. The number of nitrogens with one attached hydrogen (secondary N) is 1. The van der Waals surface area contributed by atoms with Gasteiger partial charge >= 0.3 is 0 Å². The van der Waals surface area contributed by atoms with E-state index in [-0.39, 0.29) is 18.1 Å². The van der Waals surface area contributed by atoms with Crippen LogP contribution < -0.4 is 4.74 Å². The summed E-state index contributed by atoms with van der Waals surface area (Å²) in [5.41, 5.74) is 3.26. The first-order valence-electron chi connectivity index (χ1n) is 10.7. The maximum absolute atomic E-state index is 12.9. The van der Waals surface area contributed by atoms with Gasteiger partial charge in [-0.2, -0.15) is 0 Å². The molecular formula is C24H24N4O4. The van der Waals surface area contributed by atoms with Gasteiger partial charge in [-0.3, -0.25) is 14.9 Å². The molecule has 0 saturated carbocycles. The number of amides is 1. The van der Waals surface area contributed by atoms with Gasteiger partial charge in [-0.25, -0.2) is 0 Å². The summed E-state index contributed by atoms with van der Waals surface area (Å²) >= 11 is 0. The van der Waals surface area contributed by atoms with Crippen molar-refractivity contribution in [3.05, 3.63) is 70.5 Å². The van der Waals surface area contributed by atoms with Gasteiger partial charge in [0.15, 0.2) is 0 Å². The molecule has 4 aromatic rings. The summed E-state index contributed by atoms with van der Waals surface area (Å²) in [5.74, 6) is 1.31. The summed E-state index contributed by atoms with van der Waals surface area (Å²) in [6.07, 6.45) is 5.72. The van der Waals surface area contributed by atoms with E-state index in [0.29, 0.717) is 19.0 Å². The lowest BCUT2D eigenvalue weighted by Crippen LogP contribution is -2.39. The molecule has 5 rings (SSSR count). The van der Waals surface area contributed by atoms with Crippen LogP contribution >= 0.6 is 0 Å². The number of hydrogen-bond donors (Lipinski definition) is 1. The Hall–Kier alpha value is -3.81. The Bertz CT molecular complexity index is 1310. The monoisotopic (exact) mass is 432 g/mol. The Morgan fingerprint density at radius 3 is 2.75 bits per heavy atom.